The Morgan fingerprint density at radius 3 is 2.40 bits per heavy atom. The molecule has 8 heteroatoms. The smallest absolute Gasteiger partial charge is 0.331 e. The number of anilines is 1. The highest BCUT2D eigenvalue weighted by atomic mass is 32.1. The summed E-state index contributed by atoms with van der Waals surface area (Å²) < 4.78 is 8.81. The zero-order valence-corrected chi connectivity index (χ0v) is 17.6. The number of para-hydroxylation sites is 1. The van der Waals surface area contributed by atoms with Gasteiger partial charge in [-0.05, 0) is 35.8 Å². The maximum absolute atomic E-state index is 12.7. The highest BCUT2D eigenvalue weighted by Crippen LogP contribution is 2.29. The molecule has 0 saturated carbocycles. The number of hydrogen-bond donors (Lipinski definition) is 0. The predicted molar refractivity (Wildman–Crippen MR) is 122 cm³/mol. The molecule has 0 N–H and O–H groups in total. The number of benzene rings is 2. The van der Waals surface area contributed by atoms with Crippen LogP contribution in [0.15, 0.2) is 58.1 Å². The second-order valence-corrected chi connectivity index (χ2v) is 8.45. The number of rotatable bonds is 4. The molecular formula is C22H23N5O2S. The second-order valence-electron chi connectivity index (χ2n) is 7.65. The lowest BCUT2D eigenvalue weighted by molar-refractivity contribution is 0.247. The third-order valence-electron chi connectivity index (χ3n) is 5.92. The Hall–Kier alpha value is -2.97. The van der Waals surface area contributed by atoms with Gasteiger partial charge in [-0.25, -0.2) is 4.79 Å². The second kappa shape index (κ2) is 7.70. The highest BCUT2D eigenvalue weighted by Gasteiger charge is 2.21. The molecule has 0 amide bonds. The standard InChI is InChI=1S/C22H23N5O2S/c1-24-21(28)16-6-2-4-8-18(16)27(22(24)29)15-12-25-10-13-26(14-11-25)20-17-7-3-5-9-19(17)30-23-20/h2-9H,10-15H2,1H3. The first-order valence-corrected chi connectivity index (χ1v) is 10.9. The van der Waals surface area contributed by atoms with Crippen molar-refractivity contribution in [2.45, 2.75) is 6.54 Å². The largest absolute Gasteiger partial charge is 0.353 e. The lowest BCUT2D eigenvalue weighted by Gasteiger charge is -2.35. The summed E-state index contributed by atoms with van der Waals surface area (Å²) in [5.74, 6) is 1.08. The first-order valence-electron chi connectivity index (χ1n) is 10.1. The number of hydrogen-bond acceptors (Lipinski definition) is 6. The van der Waals surface area contributed by atoms with Crippen molar-refractivity contribution in [2.24, 2.45) is 7.05 Å². The predicted octanol–water partition coefficient (Wildman–Crippen LogP) is 2.13. The van der Waals surface area contributed by atoms with Gasteiger partial charge in [-0.15, -0.1) is 0 Å². The lowest BCUT2D eigenvalue weighted by atomic mass is 10.2. The van der Waals surface area contributed by atoms with Crippen molar-refractivity contribution in [1.82, 2.24) is 18.4 Å². The fraction of sp³-hybridized carbons (Fsp3) is 0.318. The van der Waals surface area contributed by atoms with Crippen LogP contribution in [0.25, 0.3) is 21.0 Å². The third-order valence-corrected chi connectivity index (χ3v) is 6.73. The van der Waals surface area contributed by atoms with Crippen molar-refractivity contribution >= 4 is 38.3 Å². The summed E-state index contributed by atoms with van der Waals surface area (Å²) in [4.78, 5) is 29.8. The van der Waals surface area contributed by atoms with Crippen LogP contribution in [-0.4, -0.2) is 51.1 Å². The molecule has 0 radical (unpaired) electrons. The van der Waals surface area contributed by atoms with Crippen molar-refractivity contribution in [1.29, 1.82) is 0 Å². The molecule has 0 spiro atoms. The molecule has 1 aliphatic heterocycles. The van der Waals surface area contributed by atoms with Gasteiger partial charge in [0.2, 0.25) is 0 Å². The molecule has 7 nitrogen and oxygen atoms in total. The van der Waals surface area contributed by atoms with E-state index < -0.39 is 0 Å². The summed E-state index contributed by atoms with van der Waals surface area (Å²) in [6.45, 7) is 5.00. The molecular weight excluding hydrogens is 398 g/mol. The van der Waals surface area contributed by atoms with Gasteiger partial charge in [0.05, 0.1) is 15.6 Å². The third kappa shape index (κ3) is 3.22. The topological polar surface area (TPSA) is 63.4 Å². The van der Waals surface area contributed by atoms with Crippen LogP contribution in [-0.2, 0) is 13.6 Å². The molecule has 0 atom stereocenters. The minimum Gasteiger partial charge on any atom is -0.353 e. The summed E-state index contributed by atoms with van der Waals surface area (Å²) in [6, 6.07) is 15.7. The van der Waals surface area contributed by atoms with E-state index in [1.807, 2.05) is 24.3 Å². The van der Waals surface area contributed by atoms with Crippen LogP contribution in [0, 0.1) is 0 Å². The zero-order chi connectivity index (χ0) is 20.7. The van der Waals surface area contributed by atoms with Gasteiger partial charge in [0.1, 0.15) is 5.82 Å². The van der Waals surface area contributed by atoms with Crippen LogP contribution in [0.5, 0.6) is 0 Å². The molecule has 4 aromatic rings. The summed E-state index contributed by atoms with van der Waals surface area (Å²) in [7, 11) is 1.55. The van der Waals surface area contributed by atoms with Crippen molar-refractivity contribution < 1.29 is 0 Å². The summed E-state index contributed by atoms with van der Waals surface area (Å²) in [6.07, 6.45) is 0. The molecule has 1 saturated heterocycles. The molecule has 154 valence electrons. The monoisotopic (exact) mass is 421 g/mol. The van der Waals surface area contributed by atoms with Gasteiger partial charge in [-0.1, -0.05) is 24.3 Å². The van der Waals surface area contributed by atoms with Crippen LogP contribution < -0.4 is 16.1 Å². The van der Waals surface area contributed by atoms with E-state index in [2.05, 4.69) is 32.4 Å². The van der Waals surface area contributed by atoms with Gasteiger partial charge < -0.3 is 4.90 Å². The SMILES string of the molecule is Cn1c(=O)c2ccccc2n(CCN2CCN(c3nsc4ccccc34)CC2)c1=O. The van der Waals surface area contributed by atoms with E-state index in [0.717, 1.165) is 38.5 Å². The Morgan fingerprint density at radius 2 is 1.60 bits per heavy atom. The fourth-order valence-corrected chi connectivity index (χ4v) is 4.98. The molecule has 0 bridgehead atoms. The van der Waals surface area contributed by atoms with Crippen LogP contribution in [0.4, 0.5) is 5.82 Å². The van der Waals surface area contributed by atoms with E-state index >= 15 is 0 Å². The number of piperazine rings is 1. The molecule has 5 rings (SSSR count). The molecule has 0 unspecified atom stereocenters. The Morgan fingerprint density at radius 1 is 0.900 bits per heavy atom. The van der Waals surface area contributed by atoms with Gasteiger partial charge in [-0.3, -0.25) is 18.8 Å². The first kappa shape index (κ1) is 19.0. The van der Waals surface area contributed by atoms with Gasteiger partial charge in [0.25, 0.3) is 5.56 Å². The van der Waals surface area contributed by atoms with Crippen molar-refractivity contribution in [2.75, 3.05) is 37.6 Å². The molecule has 1 aliphatic rings. The van der Waals surface area contributed by atoms with Crippen molar-refractivity contribution in [3.8, 4) is 0 Å². The lowest BCUT2D eigenvalue weighted by Crippen LogP contribution is -2.48. The Kier molecular flexibility index (Phi) is 4.88. The summed E-state index contributed by atoms with van der Waals surface area (Å²) in [5.41, 5.74) is 0.209. The molecule has 3 heterocycles. The maximum Gasteiger partial charge on any atom is 0.331 e. The van der Waals surface area contributed by atoms with Gasteiger partial charge in [0, 0.05) is 51.7 Å². The molecule has 30 heavy (non-hydrogen) atoms. The number of fused-ring (bicyclic) bond motifs is 2. The Labute approximate surface area is 177 Å². The average Bonchev–Trinajstić information content (AvgIpc) is 3.22. The van der Waals surface area contributed by atoms with E-state index in [0.29, 0.717) is 17.4 Å². The zero-order valence-electron chi connectivity index (χ0n) is 16.8. The fourth-order valence-electron chi connectivity index (χ4n) is 4.18. The average molecular weight is 422 g/mol. The van der Waals surface area contributed by atoms with E-state index in [-0.39, 0.29) is 11.2 Å². The minimum absolute atomic E-state index is 0.240. The summed E-state index contributed by atoms with van der Waals surface area (Å²) >= 11 is 1.55. The quantitative estimate of drug-likeness (QED) is 0.505. The van der Waals surface area contributed by atoms with Gasteiger partial charge in [-0.2, -0.15) is 4.37 Å². The number of aromatic nitrogens is 3. The van der Waals surface area contributed by atoms with Gasteiger partial charge >= 0.3 is 5.69 Å². The van der Waals surface area contributed by atoms with Crippen LogP contribution in [0.2, 0.25) is 0 Å². The summed E-state index contributed by atoms with van der Waals surface area (Å²) in [5, 5.41) is 1.80. The Balaban J connectivity index is 1.30. The van der Waals surface area contributed by atoms with Gasteiger partial charge in [0.15, 0.2) is 0 Å². The van der Waals surface area contributed by atoms with E-state index in [1.54, 1.807) is 29.2 Å². The first-order chi connectivity index (χ1) is 14.6. The minimum atomic E-state index is -0.258. The maximum atomic E-state index is 12.7. The van der Waals surface area contributed by atoms with Crippen LogP contribution in [0.1, 0.15) is 0 Å². The Bertz CT molecular complexity index is 1330. The van der Waals surface area contributed by atoms with Crippen molar-refractivity contribution in [3.63, 3.8) is 0 Å². The number of nitrogens with zero attached hydrogens (tertiary/aromatic N) is 5. The molecule has 2 aromatic heterocycles. The van der Waals surface area contributed by atoms with E-state index in [9.17, 15) is 9.59 Å². The van der Waals surface area contributed by atoms with Crippen molar-refractivity contribution in [3.05, 3.63) is 69.4 Å². The van der Waals surface area contributed by atoms with Crippen LogP contribution >= 0.6 is 11.5 Å². The molecule has 2 aromatic carbocycles. The van der Waals surface area contributed by atoms with Crippen LogP contribution in [0.3, 0.4) is 0 Å². The normalized spacial score (nSPS) is 15.3. The van der Waals surface area contributed by atoms with E-state index in [4.69, 9.17) is 0 Å². The molecule has 1 fully saturated rings. The van der Waals surface area contributed by atoms with E-state index in [1.165, 1.54) is 14.7 Å². The molecule has 0 aliphatic carbocycles. The highest BCUT2D eigenvalue weighted by molar-refractivity contribution is 7.13.